The molecule has 6 N–H and O–H groups in total. The van der Waals surface area contributed by atoms with E-state index in [1.807, 2.05) is 32.8 Å². The third-order valence-corrected chi connectivity index (χ3v) is 11.2. The molecular formula is C37H64FN3O9. The molecule has 0 bridgehead atoms. The highest BCUT2D eigenvalue weighted by atomic mass is 19.1. The van der Waals surface area contributed by atoms with Gasteiger partial charge in [-0.3, -0.25) is 4.79 Å². The number of anilines is 1. The summed E-state index contributed by atoms with van der Waals surface area (Å²) in [5, 5.41) is 62.8. The molecule has 0 amide bonds. The van der Waals surface area contributed by atoms with E-state index in [0.717, 1.165) is 0 Å². The van der Waals surface area contributed by atoms with Gasteiger partial charge in [0.15, 0.2) is 6.29 Å². The number of aliphatic hydroxyl groups excluding tert-OH is 2. The van der Waals surface area contributed by atoms with Gasteiger partial charge in [0.1, 0.15) is 35.3 Å². The Morgan fingerprint density at radius 2 is 1.70 bits per heavy atom. The number of ether oxygens (including phenoxy) is 3. The van der Waals surface area contributed by atoms with Gasteiger partial charge in [0.05, 0.1) is 23.7 Å². The van der Waals surface area contributed by atoms with Crippen LogP contribution in [0.1, 0.15) is 74.7 Å². The summed E-state index contributed by atoms with van der Waals surface area (Å²) < 4.78 is 33.0. The molecule has 2 aliphatic heterocycles. The van der Waals surface area contributed by atoms with Gasteiger partial charge in [0.25, 0.3) is 0 Å². The molecule has 2 aliphatic rings. The number of hydrogen-bond acceptors (Lipinski definition) is 12. The van der Waals surface area contributed by atoms with Crippen LogP contribution in [0.25, 0.3) is 0 Å². The smallest absolute Gasteiger partial charge is 0.312 e. The molecule has 1 aromatic rings. The molecule has 0 saturated carbocycles. The van der Waals surface area contributed by atoms with Crippen molar-refractivity contribution in [2.75, 3.05) is 39.1 Å². The molecule has 3 rings (SSSR count). The molecule has 0 spiro atoms. The number of hydrogen-bond donors (Lipinski definition) is 6. The molecule has 2 saturated heterocycles. The third kappa shape index (κ3) is 9.53. The van der Waals surface area contributed by atoms with Gasteiger partial charge in [-0.05, 0) is 98.6 Å². The fraction of sp³-hybridized carbons (Fsp3) is 0.811. The van der Waals surface area contributed by atoms with Crippen LogP contribution >= 0.6 is 0 Å². The van der Waals surface area contributed by atoms with Crippen molar-refractivity contribution in [3.05, 3.63) is 30.1 Å². The molecule has 0 aliphatic carbocycles. The van der Waals surface area contributed by atoms with Crippen LogP contribution in [0.4, 0.5) is 10.1 Å². The van der Waals surface area contributed by atoms with E-state index in [1.54, 1.807) is 51.8 Å². The summed E-state index contributed by atoms with van der Waals surface area (Å²) in [7, 11) is 5.37. The number of nitrogens with zero attached hydrogens (tertiary/aromatic N) is 2. The predicted molar refractivity (Wildman–Crippen MR) is 189 cm³/mol. The van der Waals surface area contributed by atoms with Crippen molar-refractivity contribution in [2.45, 2.75) is 140 Å². The Morgan fingerprint density at radius 3 is 2.28 bits per heavy atom. The second-order valence-electron chi connectivity index (χ2n) is 15.8. The maximum atomic E-state index is 14.3. The molecule has 14 atom stereocenters. The Kier molecular flexibility index (Phi) is 14.3. The van der Waals surface area contributed by atoms with Crippen LogP contribution in [0.15, 0.2) is 24.3 Å². The molecule has 1 unspecified atom stereocenters. The summed E-state index contributed by atoms with van der Waals surface area (Å²) in [5.41, 5.74) is -5.10. The first-order valence-electron chi connectivity index (χ1n) is 18.0. The lowest BCUT2D eigenvalue weighted by Gasteiger charge is -2.50. The summed E-state index contributed by atoms with van der Waals surface area (Å²) in [6.07, 6.45) is -5.38. The quantitative estimate of drug-likeness (QED) is 0.229. The molecule has 0 radical (unpaired) electrons. The number of cyclic esters (lactones) is 1. The van der Waals surface area contributed by atoms with E-state index < -0.39 is 77.2 Å². The Labute approximate surface area is 297 Å². The fourth-order valence-corrected chi connectivity index (χ4v) is 7.88. The number of likely N-dealkylation sites (N-methyl/N-ethyl adjacent to an activating group) is 2. The standard InChI is InChI=1S/C37H64FN3O9/c1-12-29-36(8,46)31(43)25(6)39-19-21(2)18-35(7,45)32(50-34-30(42)28(40(9)10)16-22(3)48-34)23(4)37(47,24(5)33(44)49-29)20-41(11)27-15-13-14-26(38)17-27/h13-15,17,21-25,28-32,34,39,42-43,45-47H,12,16,18-20H2,1-11H3/t21-,22-,23-,24?,25-,28+,29-,30-,31-,32-,34+,35+,36-,37-/m1/s1. The average Bonchev–Trinajstić information content (AvgIpc) is 3.03. The molecule has 1 aromatic carbocycles. The normalized spacial score (nSPS) is 42.8. The van der Waals surface area contributed by atoms with Crippen molar-refractivity contribution in [2.24, 2.45) is 17.8 Å². The largest absolute Gasteiger partial charge is 0.459 e. The van der Waals surface area contributed by atoms with E-state index in [1.165, 1.54) is 26.0 Å². The maximum Gasteiger partial charge on any atom is 0.312 e. The van der Waals surface area contributed by atoms with Gasteiger partial charge in [-0.15, -0.1) is 0 Å². The minimum absolute atomic E-state index is 0.149. The van der Waals surface area contributed by atoms with Crippen molar-refractivity contribution < 1.29 is 48.9 Å². The highest BCUT2D eigenvalue weighted by molar-refractivity contribution is 5.74. The van der Waals surface area contributed by atoms with Crippen LogP contribution in [0, 0.1) is 23.6 Å². The third-order valence-electron chi connectivity index (χ3n) is 11.2. The van der Waals surface area contributed by atoms with Gasteiger partial charge in [-0.1, -0.05) is 26.8 Å². The number of esters is 1. The Bertz CT molecular complexity index is 1250. The first-order valence-corrected chi connectivity index (χ1v) is 18.0. The minimum Gasteiger partial charge on any atom is -0.459 e. The summed E-state index contributed by atoms with van der Waals surface area (Å²) in [6.45, 7) is 13.5. The molecule has 2 heterocycles. The Morgan fingerprint density at radius 1 is 1.06 bits per heavy atom. The van der Waals surface area contributed by atoms with Gasteiger partial charge in [-0.2, -0.15) is 0 Å². The van der Waals surface area contributed by atoms with Crippen molar-refractivity contribution in [1.82, 2.24) is 10.2 Å². The van der Waals surface area contributed by atoms with Crippen molar-refractivity contribution in [3.63, 3.8) is 0 Å². The molecule has 12 nitrogen and oxygen atoms in total. The first-order chi connectivity index (χ1) is 23.1. The fourth-order valence-electron chi connectivity index (χ4n) is 7.88. The molecule has 13 heteroatoms. The second kappa shape index (κ2) is 16.8. The maximum absolute atomic E-state index is 14.3. The minimum atomic E-state index is -2.02. The number of rotatable bonds is 7. The van der Waals surface area contributed by atoms with E-state index in [2.05, 4.69) is 5.32 Å². The average molecular weight is 714 g/mol. The molecule has 50 heavy (non-hydrogen) atoms. The predicted octanol–water partition coefficient (Wildman–Crippen LogP) is 2.28. The highest BCUT2D eigenvalue weighted by Gasteiger charge is 2.55. The zero-order valence-electron chi connectivity index (χ0n) is 31.8. The van der Waals surface area contributed by atoms with Crippen molar-refractivity contribution >= 4 is 11.7 Å². The van der Waals surface area contributed by atoms with Crippen LogP contribution in [0.3, 0.4) is 0 Å². The van der Waals surface area contributed by atoms with Crippen LogP contribution in [0.2, 0.25) is 0 Å². The Balaban J connectivity index is 2.20. The van der Waals surface area contributed by atoms with Gasteiger partial charge in [-0.25, -0.2) is 4.39 Å². The lowest BCUT2D eigenvalue weighted by molar-refractivity contribution is -0.304. The van der Waals surface area contributed by atoms with Crippen LogP contribution < -0.4 is 10.2 Å². The van der Waals surface area contributed by atoms with Gasteiger partial charge < -0.3 is 54.9 Å². The van der Waals surface area contributed by atoms with Gasteiger partial charge >= 0.3 is 5.97 Å². The highest BCUT2D eigenvalue weighted by Crippen LogP contribution is 2.41. The number of aliphatic hydroxyl groups is 5. The van der Waals surface area contributed by atoms with Gasteiger partial charge in [0.2, 0.25) is 0 Å². The van der Waals surface area contributed by atoms with E-state index in [9.17, 15) is 34.7 Å². The summed E-state index contributed by atoms with van der Waals surface area (Å²) in [6, 6.07) is 4.90. The van der Waals surface area contributed by atoms with Crippen molar-refractivity contribution in [1.29, 1.82) is 0 Å². The van der Waals surface area contributed by atoms with Crippen LogP contribution in [-0.4, -0.2) is 136 Å². The first kappa shape index (κ1) is 42.5. The number of halogens is 1. The second-order valence-corrected chi connectivity index (χ2v) is 15.8. The molecular weight excluding hydrogens is 649 g/mol. The lowest BCUT2D eigenvalue weighted by atomic mass is 9.70. The summed E-state index contributed by atoms with van der Waals surface area (Å²) in [5.74, 6) is -3.86. The van der Waals surface area contributed by atoms with E-state index in [-0.39, 0.29) is 37.5 Å². The zero-order valence-corrected chi connectivity index (χ0v) is 31.8. The van der Waals surface area contributed by atoms with E-state index in [0.29, 0.717) is 18.7 Å². The molecule has 288 valence electrons. The van der Waals surface area contributed by atoms with Gasteiger partial charge in [0, 0.05) is 37.3 Å². The van der Waals surface area contributed by atoms with Crippen LogP contribution in [-0.2, 0) is 19.0 Å². The van der Waals surface area contributed by atoms with E-state index in [4.69, 9.17) is 14.2 Å². The van der Waals surface area contributed by atoms with E-state index >= 15 is 0 Å². The lowest BCUT2D eigenvalue weighted by Crippen LogP contribution is -2.64. The van der Waals surface area contributed by atoms with Crippen LogP contribution in [0.5, 0.6) is 0 Å². The SMILES string of the molecule is CC[C@H]1OC(=O)C(C)[C@@](O)(CN(C)c2cccc(F)c2)[C@H](C)[C@@H](O[C@@H]2O[C@H](C)C[C@H](N(C)C)[C@H]2O)[C@@](C)(O)C[C@@H](C)CN[C@H](C)[C@@H](O)[C@]1(C)O. The number of nitrogens with one attached hydrogen (secondary N) is 1. The summed E-state index contributed by atoms with van der Waals surface area (Å²) >= 11 is 0. The monoisotopic (exact) mass is 713 g/mol. The topological polar surface area (TPSA) is 164 Å². The number of benzene rings is 1. The van der Waals surface area contributed by atoms with Crippen molar-refractivity contribution in [3.8, 4) is 0 Å². The Hall–Kier alpha value is -1.94. The molecule has 0 aromatic heterocycles. The number of carbonyl (C=O) groups excluding carboxylic acids is 1. The zero-order chi connectivity index (χ0) is 37.9. The number of carbonyl (C=O) groups is 1. The molecule has 2 fully saturated rings. The summed E-state index contributed by atoms with van der Waals surface area (Å²) in [4.78, 5) is 17.6.